The second-order valence-corrected chi connectivity index (χ2v) is 6.29. The first-order chi connectivity index (χ1) is 10.6. The van der Waals surface area contributed by atoms with E-state index in [-0.39, 0.29) is 30.0 Å². The number of aliphatic imine (C=N–C) groups is 1. The van der Waals surface area contributed by atoms with Crippen molar-refractivity contribution < 1.29 is 0 Å². The summed E-state index contributed by atoms with van der Waals surface area (Å²) in [7, 11) is 0. The molecule has 0 radical (unpaired) electrons. The molecule has 0 aromatic heterocycles. The number of benzene rings is 1. The molecule has 0 amide bonds. The standard InChI is InChI=1S/C17H25ClN4.HI/c1-13(2)11-20-17(19)21-12-16(22-8-3-4-9-22)14-6-5-7-15(18)10-14;/h5-7,10,16H,1,3-4,8-9,11-12H2,2H3,(H3,19,20,21);1H. The van der Waals surface area contributed by atoms with E-state index in [1.54, 1.807) is 0 Å². The molecule has 1 atom stereocenters. The van der Waals surface area contributed by atoms with Gasteiger partial charge in [-0.1, -0.05) is 35.9 Å². The van der Waals surface area contributed by atoms with Crippen LogP contribution in [0, 0.1) is 0 Å². The monoisotopic (exact) mass is 448 g/mol. The van der Waals surface area contributed by atoms with Gasteiger partial charge in [0.2, 0.25) is 0 Å². The maximum absolute atomic E-state index is 6.14. The van der Waals surface area contributed by atoms with Gasteiger partial charge in [0, 0.05) is 11.6 Å². The SMILES string of the molecule is C=C(C)CNC(N)=NCC(c1cccc(Cl)c1)N1CCCC1.I. The quantitative estimate of drug-likeness (QED) is 0.303. The molecule has 23 heavy (non-hydrogen) atoms. The van der Waals surface area contributed by atoms with E-state index in [2.05, 4.69) is 27.9 Å². The van der Waals surface area contributed by atoms with Gasteiger partial charge in [0.25, 0.3) is 0 Å². The number of hydrogen-bond donors (Lipinski definition) is 2. The lowest BCUT2D eigenvalue weighted by Gasteiger charge is -2.27. The van der Waals surface area contributed by atoms with Crippen molar-refractivity contribution in [2.24, 2.45) is 10.7 Å². The van der Waals surface area contributed by atoms with Crippen LogP contribution < -0.4 is 11.1 Å². The Kier molecular flexibility index (Phi) is 8.94. The zero-order valence-electron chi connectivity index (χ0n) is 13.6. The van der Waals surface area contributed by atoms with Gasteiger partial charge in [-0.25, -0.2) is 0 Å². The molecule has 1 aliphatic heterocycles. The van der Waals surface area contributed by atoms with E-state index in [0.717, 1.165) is 23.7 Å². The van der Waals surface area contributed by atoms with Crippen LogP contribution in [-0.2, 0) is 0 Å². The smallest absolute Gasteiger partial charge is 0.188 e. The van der Waals surface area contributed by atoms with Crippen LogP contribution in [0.4, 0.5) is 0 Å². The summed E-state index contributed by atoms with van der Waals surface area (Å²) in [5.74, 6) is 0.467. The molecular weight excluding hydrogens is 423 g/mol. The predicted molar refractivity (Wildman–Crippen MR) is 110 cm³/mol. The van der Waals surface area contributed by atoms with Gasteiger partial charge in [-0.15, -0.1) is 24.0 Å². The van der Waals surface area contributed by atoms with Crippen molar-refractivity contribution in [3.63, 3.8) is 0 Å². The van der Waals surface area contributed by atoms with Gasteiger partial charge in [0.15, 0.2) is 5.96 Å². The predicted octanol–water partition coefficient (Wildman–Crippen LogP) is 3.58. The van der Waals surface area contributed by atoms with Gasteiger partial charge in [-0.3, -0.25) is 9.89 Å². The lowest BCUT2D eigenvalue weighted by atomic mass is 10.1. The highest BCUT2D eigenvalue weighted by molar-refractivity contribution is 14.0. The molecule has 1 aromatic carbocycles. The minimum atomic E-state index is 0. The highest BCUT2D eigenvalue weighted by Crippen LogP contribution is 2.27. The van der Waals surface area contributed by atoms with E-state index in [9.17, 15) is 0 Å². The summed E-state index contributed by atoms with van der Waals surface area (Å²) in [6.07, 6.45) is 2.48. The van der Waals surface area contributed by atoms with Crippen molar-refractivity contribution >= 4 is 41.5 Å². The number of nitrogens with one attached hydrogen (secondary N) is 1. The van der Waals surface area contributed by atoms with Crippen LogP contribution in [0.15, 0.2) is 41.4 Å². The Bertz CT molecular complexity index is 541. The van der Waals surface area contributed by atoms with E-state index in [1.807, 2.05) is 25.1 Å². The molecule has 1 aliphatic rings. The number of likely N-dealkylation sites (tertiary alicyclic amines) is 1. The van der Waals surface area contributed by atoms with E-state index < -0.39 is 0 Å². The summed E-state index contributed by atoms with van der Waals surface area (Å²) in [5.41, 5.74) is 8.16. The third kappa shape index (κ3) is 6.69. The Labute approximate surface area is 161 Å². The fourth-order valence-electron chi connectivity index (χ4n) is 2.68. The van der Waals surface area contributed by atoms with Crippen LogP contribution in [0.25, 0.3) is 0 Å². The summed E-state index contributed by atoms with van der Waals surface area (Å²) in [6, 6.07) is 8.26. The number of halogens is 2. The van der Waals surface area contributed by atoms with Crippen molar-refractivity contribution in [3.05, 3.63) is 47.0 Å². The second-order valence-electron chi connectivity index (χ2n) is 5.85. The summed E-state index contributed by atoms with van der Waals surface area (Å²) >= 11 is 6.14. The Balaban J connectivity index is 0.00000264. The van der Waals surface area contributed by atoms with Crippen LogP contribution in [0.5, 0.6) is 0 Å². The average Bonchev–Trinajstić information content (AvgIpc) is 2.99. The number of hydrogen-bond acceptors (Lipinski definition) is 2. The first-order valence-corrected chi connectivity index (χ1v) is 8.12. The molecule has 1 saturated heterocycles. The highest BCUT2D eigenvalue weighted by Gasteiger charge is 2.23. The van der Waals surface area contributed by atoms with Crippen molar-refractivity contribution in [1.82, 2.24) is 10.2 Å². The number of nitrogens with zero attached hydrogens (tertiary/aromatic N) is 2. The van der Waals surface area contributed by atoms with Crippen molar-refractivity contribution in [2.45, 2.75) is 25.8 Å². The van der Waals surface area contributed by atoms with Crippen LogP contribution in [0.2, 0.25) is 5.02 Å². The average molecular weight is 449 g/mol. The molecule has 0 bridgehead atoms. The molecular formula is C17H26ClIN4. The zero-order chi connectivity index (χ0) is 15.9. The molecule has 6 heteroatoms. The Morgan fingerprint density at radius 1 is 1.43 bits per heavy atom. The van der Waals surface area contributed by atoms with Gasteiger partial charge in [0.05, 0.1) is 12.6 Å². The molecule has 0 aliphatic carbocycles. The van der Waals surface area contributed by atoms with Crippen molar-refractivity contribution in [3.8, 4) is 0 Å². The summed E-state index contributed by atoms with van der Waals surface area (Å²) < 4.78 is 0. The van der Waals surface area contributed by atoms with Gasteiger partial charge < -0.3 is 11.1 Å². The Morgan fingerprint density at radius 2 is 2.13 bits per heavy atom. The van der Waals surface area contributed by atoms with E-state index >= 15 is 0 Å². The van der Waals surface area contributed by atoms with Gasteiger partial charge in [0.1, 0.15) is 0 Å². The Hall–Kier alpha value is -0.790. The van der Waals surface area contributed by atoms with Gasteiger partial charge in [-0.2, -0.15) is 0 Å². The van der Waals surface area contributed by atoms with E-state index in [1.165, 1.54) is 18.4 Å². The van der Waals surface area contributed by atoms with Gasteiger partial charge in [-0.05, 0) is 50.6 Å². The van der Waals surface area contributed by atoms with Crippen LogP contribution in [0.1, 0.15) is 31.4 Å². The molecule has 1 aromatic rings. The molecule has 128 valence electrons. The molecule has 1 unspecified atom stereocenters. The number of nitrogens with two attached hydrogens (primary N) is 1. The number of rotatable bonds is 6. The Morgan fingerprint density at radius 3 is 2.74 bits per heavy atom. The topological polar surface area (TPSA) is 53.6 Å². The van der Waals surface area contributed by atoms with Crippen LogP contribution in [-0.4, -0.2) is 37.0 Å². The molecule has 0 saturated carbocycles. The fraction of sp³-hybridized carbons (Fsp3) is 0.471. The lowest BCUT2D eigenvalue weighted by Crippen LogP contribution is -2.34. The minimum Gasteiger partial charge on any atom is -0.370 e. The molecule has 1 fully saturated rings. The number of guanidine groups is 1. The van der Waals surface area contributed by atoms with E-state index in [0.29, 0.717) is 19.0 Å². The fourth-order valence-corrected chi connectivity index (χ4v) is 2.88. The highest BCUT2D eigenvalue weighted by atomic mass is 127. The molecule has 4 nitrogen and oxygen atoms in total. The van der Waals surface area contributed by atoms with Crippen LogP contribution >= 0.6 is 35.6 Å². The van der Waals surface area contributed by atoms with Gasteiger partial charge >= 0.3 is 0 Å². The van der Waals surface area contributed by atoms with E-state index in [4.69, 9.17) is 17.3 Å². The molecule has 0 spiro atoms. The molecule has 3 N–H and O–H groups in total. The normalized spacial score (nSPS) is 16.7. The third-order valence-electron chi connectivity index (χ3n) is 3.82. The maximum Gasteiger partial charge on any atom is 0.188 e. The third-order valence-corrected chi connectivity index (χ3v) is 4.06. The first-order valence-electron chi connectivity index (χ1n) is 7.74. The van der Waals surface area contributed by atoms with Crippen molar-refractivity contribution in [2.75, 3.05) is 26.2 Å². The molecule has 2 rings (SSSR count). The largest absolute Gasteiger partial charge is 0.370 e. The lowest BCUT2D eigenvalue weighted by molar-refractivity contribution is 0.252. The summed E-state index contributed by atoms with van der Waals surface area (Å²) in [4.78, 5) is 6.96. The second kappa shape index (κ2) is 10.2. The van der Waals surface area contributed by atoms with Crippen LogP contribution in [0.3, 0.4) is 0 Å². The zero-order valence-corrected chi connectivity index (χ0v) is 16.7. The summed E-state index contributed by atoms with van der Waals surface area (Å²) in [5, 5.41) is 3.84. The minimum absolute atomic E-state index is 0. The molecule has 1 heterocycles. The first kappa shape index (κ1) is 20.3. The maximum atomic E-state index is 6.14. The van der Waals surface area contributed by atoms with Crippen molar-refractivity contribution in [1.29, 1.82) is 0 Å². The summed E-state index contributed by atoms with van der Waals surface area (Å²) in [6.45, 7) is 9.30.